The quantitative estimate of drug-likeness (QED) is 0.908. The van der Waals surface area contributed by atoms with E-state index in [1.165, 1.54) is 16.7 Å². The largest absolute Gasteiger partial charge is 0.457 e. The molecule has 96 valence electrons. The molecule has 2 aromatic rings. The predicted octanol–water partition coefficient (Wildman–Crippen LogP) is 4.36. The third-order valence-electron chi connectivity index (χ3n) is 3.11. The summed E-state index contributed by atoms with van der Waals surface area (Å²) in [5.74, 6) is 0. The number of halogens is 1. The molecule has 0 aliphatic rings. The van der Waals surface area contributed by atoms with Crippen LogP contribution < -0.4 is 5.32 Å². The van der Waals surface area contributed by atoms with Gasteiger partial charge in [0.1, 0.15) is 0 Å². The Hall–Kier alpha value is -1.06. The van der Waals surface area contributed by atoms with Gasteiger partial charge in [0, 0.05) is 5.56 Å². The zero-order valence-electron chi connectivity index (χ0n) is 11.0. The van der Waals surface area contributed by atoms with Gasteiger partial charge in [-0.15, -0.1) is 0 Å². The molecule has 3 heteroatoms. The van der Waals surface area contributed by atoms with Crippen molar-refractivity contribution in [2.45, 2.75) is 26.8 Å². The summed E-state index contributed by atoms with van der Waals surface area (Å²) in [6.45, 7) is 7.30. The van der Waals surface area contributed by atoms with Gasteiger partial charge in [0.25, 0.3) is 0 Å². The van der Waals surface area contributed by atoms with Crippen molar-refractivity contribution < 1.29 is 4.42 Å². The fraction of sp³-hybridized carbons (Fsp3) is 0.333. The highest BCUT2D eigenvalue weighted by molar-refractivity contribution is 9.10. The second-order valence-electron chi connectivity index (χ2n) is 4.50. The van der Waals surface area contributed by atoms with E-state index in [0.29, 0.717) is 0 Å². The number of rotatable bonds is 4. The third-order valence-corrected chi connectivity index (χ3v) is 3.76. The molecule has 0 aliphatic carbocycles. The Morgan fingerprint density at radius 1 is 1.22 bits per heavy atom. The number of aryl methyl sites for hydroxylation is 2. The van der Waals surface area contributed by atoms with Crippen LogP contribution in [0.15, 0.2) is 39.6 Å². The molecule has 1 aromatic carbocycles. The minimum atomic E-state index is 0.169. The molecule has 0 saturated heterocycles. The monoisotopic (exact) mass is 307 g/mol. The molecule has 0 amide bonds. The Morgan fingerprint density at radius 3 is 2.61 bits per heavy atom. The molecule has 0 radical (unpaired) electrons. The highest BCUT2D eigenvalue weighted by Gasteiger charge is 2.19. The highest BCUT2D eigenvalue weighted by atomic mass is 79.9. The van der Waals surface area contributed by atoms with Crippen LogP contribution in [0.2, 0.25) is 0 Å². The van der Waals surface area contributed by atoms with E-state index >= 15 is 0 Å². The van der Waals surface area contributed by atoms with E-state index in [-0.39, 0.29) is 6.04 Å². The second-order valence-corrected chi connectivity index (χ2v) is 5.22. The lowest BCUT2D eigenvalue weighted by Crippen LogP contribution is -2.22. The van der Waals surface area contributed by atoms with Crippen molar-refractivity contribution in [3.8, 4) is 0 Å². The third kappa shape index (κ3) is 2.68. The van der Waals surface area contributed by atoms with Gasteiger partial charge in [-0.05, 0) is 53.5 Å². The van der Waals surface area contributed by atoms with Gasteiger partial charge in [0.15, 0.2) is 4.67 Å². The molecule has 2 rings (SSSR count). The first-order valence-corrected chi connectivity index (χ1v) is 6.96. The molecule has 1 atom stereocenters. The Balaban J connectivity index is 2.48. The predicted molar refractivity (Wildman–Crippen MR) is 77.8 cm³/mol. The molecule has 0 fully saturated rings. The maximum atomic E-state index is 5.36. The molecule has 0 aliphatic heterocycles. The van der Waals surface area contributed by atoms with Gasteiger partial charge in [0.2, 0.25) is 0 Å². The van der Waals surface area contributed by atoms with Crippen molar-refractivity contribution in [1.29, 1.82) is 0 Å². The Bertz CT molecular complexity index is 533. The topological polar surface area (TPSA) is 25.2 Å². The molecular weight excluding hydrogens is 290 g/mol. The van der Waals surface area contributed by atoms with Crippen LogP contribution >= 0.6 is 15.9 Å². The smallest absolute Gasteiger partial charge is 0.174 e. The molecule has 2 nitrogen and oxygen atoms in total. The molecule has 0 saturated carbocycles. The van der Waals surface area contributed by atoms with Gasteiger partial charge in [-0.1, -0.05) is 30.7 Å². The van der Waals surface area contributed by atoms with Crippen LogP contribution in [0.4, 0.5) is 0 Å². The summed E-state index contributed by atoms with van der Waals surface area (Å²) in [4.78, 5) is 0. The molecule has 1 heterocycles. The Morgan fingerprint density at radius 2 is 2.00 bits per heavy atom. The fourth-order valence-electron chi connectivity index (χ4n) is 2.17. The van der Waals surface area contributed by atoms with Crippen molar-refractivity contribution in [3.05, 3.63) is 57.5 Å². The van der Waals surface area contributed by atoms with Crippen molar-refractivity contribution in [2.24, 2.45) is 0 Å². The Labute approximate surface area is 117 Å². The summed E-state index contributed by atoms with van der Waals surface area (Å²) in [6, 6.07) is 8.74. The van der Waals surface area contributed by atoms with E-state index in [0.717, 1.165) is 16.8 Å². The summed E-state index contributed by atoms with van der Waals surface area (Å²) >= 11 is 3.47. The maximum absolute atomic E-state index is 5.36. The van der Waals surface area contributed by atoms with Crippen LogP contribution in [0.5, 0.6) is 0 Å². The summed E-state index contributed by atoms with van der Waals surface area (Å²) in [6.07, 6.45) is 1.72. The van der Waals surface area contributed by atoms with E-state index in [2.05, 4.69) is 60.2 Å². The van der Waals surface area contributed by atoms with Crippen molar-refractivity contribution >= 4 is 15.9 Å². The van der Waals surface area contributed by atoms with Crippen LogP contribution in [0.3, 0.4) is 0 Å². The minimum Gasteiger partial charge on any atom is -0.457 e. The number of hydrogen-bond donors (Lipinski definition) is 1. The average molecular weight is 308 g/mol. The van der Waals surface area contributed by atoms with Gasteiger partial charge in [-0.25, -0.2) is 0 Å². The highest BCUT2D eigenvalue weighted by Crippen LogP contribution is 2.31. The molecule has 1 aromatic heterocycles. The van der Waals surface area contributed by atoms with Crippen LogP contribution in [0.25, 0.3) is 0 Å². The van der Waals surface area contributed by atoms with Gasteiger partial charge in [-0.2, -0.15) is 0 Å². The van der Waals surface area contributed by atoms with Gasteiger partial charge >= 0.3 is 0 Å². The van der Waals surface area contributed by atoms with E-state index in [4.69, 9.17) is 4.42 Å². The van der Waals surface area contributed by atoms with Crippen LogP contribution in [0, 0.1) is 13.8 Å². The molecule has 18 heavy (non-hydrogen) atoms. The van der Waals surface area contributed by atoms with Crippen LogP contribution in [0.1, 0.15) is 35.2 Å². The number of hydrogen-bond acceptors (Lipinski definition) is 2. The normalized spacial score (nSPS) is 12.7. The molecule has 1 unspecified atom stereocenters. The first-order chi connectivity index (χ1) is 8.63. The summed E-state index contributed by atoms with van der Waals surface area (Å²) in [7, 11) is 0. The minimum absolute atomic E-state index is 0.169. The first-order valence-electron chi connectivity index (χ1n) is 6.17. The lowest BCUT2D eigenvalue weighted by molar-refractivity contribution is 0.526. The molecule has 0 bridgehead atoms. The van der Waals surface area contributed by atoms with Gasteiger partial charge in [-0.3, -0.25) is 0 Å². The lowest BCUT2D eigenvalue weighted by Gasteiger charge is -2.20. The SMILES string of the molecule is CCNC(c1cc(C)ccc1C)c1ccoc1Br. The summed E-state index contributed by atoms with van der Waals surface area (Å²) in [5, 5.41) is 3.52. The number of nitrogens with one attached hydrogen (secondary N) is 1. The van der Waals surface area contributed by atoms with E-state index in [9.17, 15) is 0 Å². The average Bonchev–Trinajstić information content (AvgIpc) is 2.76. The van der Waals surface area contributed by atoms with Crippen molar-refractivity contribution in [1.82, 2.24) is 5.32 Å². The van der Waals surface area contributed by atoms with Crippen molar-refractivity contribution in [3.63, 3.8) is 0 Å². The zero-order chi connectivity index (χ0) is 13.1. The molecular formula is C15H18BrNO. The molecule has 0 spiro atoms. The summed E-state index contributed by atoms with van der Waals surface area (Å²) in [5.41, 5.74) is 5.02. The first kappa shape index (κ1) is 13.4. The van der Waals surface area contributed by atoms with E-state index < -0.39 is 0 Å². The zero-order valence-corrected chi connectivity index (χ0v) is 12.5. The van der Waals surface area contributed by atoms with Gasteiger partial charge in [0.05, 0.1) is 12.3 Å². The van der Waals surface area contributed by atoms with Crippen LogP contribution in [-0.4, -0.2) is 6.54 Å². The lowest BCUT2D eigenvalue weighted by atomic mass is 9.95. The fourth-order valence-corrected chi connectivity index (χ4v) is 2.64. The summed E-state index contributed by atoms with van der Waals surface area (Å²) < 4.78 is 6.16. The van der Waals surface area contributed by atoms with E-state index in [1.54, 1.807) is 6.26 Å². The van der Waals surface area contributed by atoms with Gasteiger partial charge < -0.3 is 9.73 Å². The van der Waals surface area contributed by atoms with Crippen molar-refractivity contribution in [2.75, 3.05) is 6.54 Å². The standard InChI is InChI=1S/C15H18BrNO/c1-4-17-14(12-7-8-18-15(12)16)13-9-10(2)5-6-11(13)3/h5-9,14,17H,4H2,1-3H3. The second kappa shape index (κ2) is 5.72. The molecule has 1 N–H and O–H groups in total. The maximum Gasteiger partial charge on any atom is 0.174 e. The number of furan rings is 1. The Kier molecular flexibility index (Phi) is 4.25. The van der Waals surface area contributed by atoms with E-state index in [1.807, 2.05) is 6.07 Å². The van der Waals surface area contributed by atoms with Crippen LogP contribution in [-0.2, 0) is 0 Å². The number of benzene rings is 1.